The number of anilines is 1. The topological polar surface area (TPSA) is 204 Å². The van der Waals surface area contributed by atoms with Crippen LogP contribution in [0.5, 0.6) is 5.75 Å². The molecular formula is C29H36F3N6O8P. The van der Waals surface area contributed by atoms with Crippen LogP contribution in [0.4, 0.5) is 19.0 Å². The number of para-hydroxylation sites is 1. The second-order valence-corrected chi connectivity index (χ2v) is 12.9. The number of alkyl halides is 3. The Bertz CT molecular complexity index is 1600. The molecule has 5 N–H and O–H groups in total. The molecule has 1 fully saturated rings. The van der Waals surface area contributed by atoms with E-state index in [2.05, 4.69) is 15.2 Å². The highest BCUT2D eigenvalue weighted by molar-refractivity contribution is 7.52. The summed E-state index contributed by atoms with van der Waals surface area (Å²) >= 11 is 0. The molecule has 18 heteroatoms. The Labute approximate surface area is 268 Å². The van der Waals surface area contributed by atoms with Crippen molar-refractivity contribution in [3.8, 4) is 11.8 Å². The fourth-order valence-electron chi connectivity index (χ4n) is 5.19. The summed E-state index contributed by atoms with van der Waals surface area (Å²) in [6, 6.07) is 11.1. The van der Waals surface area contributed by atoms with Crippen molar-refractivity contribution in [2.45, 2.75) is 62.6 Å². The van der Waals surface area contributed by atoms with Crippen LogP contribution in [-0.4, -0.2) is 75.0 Å². The van der Waals surface area contributed by atoms with Crippen LogP contribution in [0.25, 0.3) is 5.52 Å². The van der Waals surface area contributed by atoms with Gasteiger partial charge in [0, 0.05) is 7.11 Å². The summed E-state index contributed by atoms with van der Waals surface area (Å²) in [7, 11) is -3.51. The standard InChI is InChI=1S/C29H36F3N6O8P/c1-18(27(41)44-14-19-8-10-20(11-9-19)29(30,31)32)37-47(42,46-21-6-4-3-5-7-21)45-16-28(15-33,43-2)25(40)24(39)22-12-13-23-26(34)35-17-36-38(22)23/h3-7,12-13,17-20,24-25,39-40H,8-11,14,16H2,1-2H3,(H,37,42)(H2,34,35,36)/t18-,19-,20-,24-,25-,28+,47?/m0/s1. The van der Waals surface area contributed by atoms with Crippen LogP contribution >= 0.6 is 7.75 Å². The summed E-state index contributed by atoms with van der Waals surface area (Å²) in [5.41, 5.74) is 3.86. The van der Waals surface area contributed by atoms with Gasteiger partial charge in [-0.15, -0.1) is 0 Å². The molecule has 3 aromatic rings. The first-order chi connectivity index (χ1) is 22.2. The molecule has 256 valence electrons. The second-order valence-electron chi connectivity index (χ2n) is 11.2. The number of methoxy groups -OCH3 is 1. The van der Waals surface area contributed by atoms with E-state index < -0.39 is 56.3 Å². The maximum absolute atomic E-state index is 14.0. The third kappa shape index (κ3) is 8.58. The molecule has 1 aromatic carbocycles. The second kappa shape index (κ2) is 15.0. The van der Waals surface area contributed by atoms with Gasteiger partial charge >= 0.3 is 19.9 Å². The van der Waals surface area contributed by atoms with E-state index in [0.717, 1.165) is 13.4 Å². The smallest absolute Gasteiger partial charge is 0.459 e. The fourth-order valence-corrected chi connectivity index (χ4v) is 6.71. The molecule has 0 spiro atoms. The minimum Gasteiger partial charge on any atom is -0.464 e. The van der Waals surface area contributed by atoms with Crippen molar-refractivity contribution in [3.63, 3.8) is 0 Å². The van der Waals surface area contributed by atoms with Crippen molar-refractivity contribution in [1.82, 2.24) is 19.7 Å². The number of fused-ring (bicyclic) bond motifs is 1. The third-order valence-corrected chi connectivity index (χ3v) is 9.66. The third-order valence-electron chi connectivity index (χ3n) is 8.04. The largest absolute Gasteiger partial charge is 0.464 e. The number of aromatic nitrogens is 3. The molecule has 2 aromatic heterocycles. The lowest BCUT2D eigenvalue weighted by atomic mass is 9.82. The maximum atomic E-state index is 14.0. The number of rotatable bonds is 14. The van der Waals surface area contributed by atoms with Gasteiger partial charge in [-0.3, -0.25) is 9.32 Å². The number of hydrogen-bond donors (Lipinski definition) is 4. The minimum absolute atomic E-state index is 0.0309. The van der Waals surface area contributed by atoms with Crippen LogP contribution in [0.2, 0.25) is 0 Å². The number of carbonyl (C=O) groups is 1. The van der Waals surface area contributed by atoms with E-state index in [4.69, 9.17) is 24.3 Å². The first kappa shape index (κ1) is 36.1. The number of nitrogens with two attached hydrogens (primary N) is 1. The van der Waals surface area contributed by atoms with E-state index in [9.17, 15) is 38.0 Å². The summed E-state index contributed by atoms with van der Waals surface area (Å²) in [5, 5.41) is 38.8. The number of esters is 1. The molecule has 14 nitrogen and oxygen atoms in total. The summed E-state index contributed by atoms with van der Waals surface area (Å²) in [6.07, 6.45) is -6.58. The van der Waals surface area contributed by atoms with E-state index in [0.29, 0.717) is 5.52 Å². The Morgan fingerprint density at radius 1 is 1.19 bits per heavy atom. The summed E-state index contributed by atoms with van der Waals surface area (Å²) in [5.74, 6) is -2.36. The van der Waals surface area contributed by atoms with Gasteiger partial charge in [-0.1, -0.05) is 18.2 Å². The van der Waals surface area contributed by atoms with Crippen LogP contribution in [0.15, 0.2) is 48.8 Å². The van der Waals surface area contributed by atoms with Gasteiger partial charge in [0.25, 0.3) is 0 Å². The molecule has 1 unspecified atom stereocenters. The highest BCUT2D eigenvalue weighted by Crippen LogP contribution is 2.46. The molecule has 0 saturated heterocycles. The number of aliphatic hydroxyl groups excluding tert-OH is 2. The molecule has 47 heavy (non-hydrogen) atoms. The lowest BCUT2D eigenvalue weighted by molar-refractivity contribution is -0.185. The lowest BCUT2D eigenvalue weighted by Crippen LogP contribution is -2.50. The normalized spacial score (nSPS) is 21.5. The van der Waals surface area contributed by atoms with Crippen molar-refractivity contribution >= 4 is 25.1 Å². The first-order valence-corrected chi connectivity index (χ1v) is 16.2. The highest BCUT2D eigenvalue weighted by Gasteiger charge is 2.47. The number of ether oxygens (including phenoxy) is 2. The van der Waals surface area contributed by atoms with E-state index in [-0.39, 0.29) is 55.5 Å². The highest BCUT2D eigenvalue weighted by atomic mass is 31.2. The molecule has 0 aliphatic heterocycles. The number of nitriles is 1. The molecular weight excluding hydrogens is 648 g/mol. The lowest BCUT2D eigenvalue weighted by Gasteiger charge is -2.34. The summed E-state index contributed by atoms with van der Waals surface area (Å²) < 4.78 is 76.0. The monoisotopic (exact) mass is 684 g/mol. The van der Waals surface area contributed by atoms with Crippen molar-refractivity contribution in [2.24, 2.45) is 11.8 Å². The number of carbonyl (C=O) groups excluding carboxylic acids is 1. The van der Waals surface area contributed by atoms with E-state index in [1.54, 1.807) is 24.3 Å². The summed E-state index contributed by atoms with van der Waals surface area (Å²) in [4.78, 5) is 16.7. The SMILES string of the molecule is CO[C@](C#N)(COP(=O)(N[C@@H](C)C(=O)OC[C@H]1CC[C@H](C(F)(F)F)CC1)Oc1ccccc1)[C@@H](O)[C@@H](O)c1ccc2c(N)ncnn12. The fraction of sp³-hybridized carbons (Fsp3) is 0.517. The number of halogens is 3. The van der Waals surface area contributed by atoms with Gasteiger partial charge in [-0.25, -0.2) is 14.1 Å². The van der Waals surface area contributed by atoms with E-state index in [1.165, 1.54) is 35.7 Å². The van der Waals surface area contributed by atoms with Crippen molar-refractivity contribution < 1.29 is 51.3 Å². The van der Waals surface area contributed by atoms with Crippen molar-refractivity contribution in [1.29, 1.82) is 5.26 Å². The van der Waals surface area contributed by atoms with Gasteiger partial charge in [0.05, 0.1) is 18.2 Å². The number of aliphatic hydroxyl groups is 2. The summed E-state index contributed by atoms with van der Waals surface area (Å²) in [6.45, 7) is 0.251. The van der Waals surface area contributed by atoms with Crippen LogP contribution in [0, 0.1) is 23.2 Å². The Morgan fingerprint density at radius 2 is 1.87 bits per heavy atom. The van der Waals surface area contributed by atoms with Crippen molar-refractivity contribution in [3.05, 3.63) is 54.5 Å². The van der Waals surface area contributed by atoms with Crippen LogP contribution < -0.4 is 15.3 Å². The Balaban J connectivity index is 1.47. The van der Waals surface area contributed by atoms with E-state index in [1.807, 2.05) is 0 Å². The molecule has 1 saturated carbocycles. The molecule has 0 bridgehead atoms. The minimum atomic E-state index is -4.57. The molecule has 1 aliphatic carbocycles. The number of nitrogens with one attached hydrogen (secondary N) is 1. The van der Waals surface area contributed by atoms with E-state index >= 15 is 0 Å². The number of benzene rings is 1. The molecule has 0 amide bonds. The molecule has 1 aliphatic rings. The maximum Gasteiger partial charge on any atom is 0.459 e. The number of hydrogen-bond acceptors (Lipinski definition) is 12. The molecule has 0 radical (unpaired) electrons. The van der Waals surface area contributed by atoms with Gasteiger partial charge in [0.1, 0.15) is 48.5 Å². The zero-order valence-corrected chi connectivity index (χ0v) is 26.4. The van der Waals surface area contributed by atoms with Gasteiger partial charge in [0.2, 0.25) is 5.60 Å². The zero-order valence-electron chi connectivity index (χ0n) is 25.5. The Morgan fingerprint density at radius 3 is 2.49 bits per heavy atom. The van der Waals surface area contributed by atoms with Crippen LogP contribution in [0.3, 0.4) is 0 Å². The van der Waals surface area contributed by atoms with Gasteiger partial charge in [-0.2, -0.15) is 28.6 Å². The average molecular weight is 685 g/mol. The molecule has 2 heterocycles. The van der Waals surface area contributed by atoms with Gasteiger partial charge in [0.15, 0.2) is 5.82 Å². The van der Waals surface area contributed by atoms with Crippen LogP contribution in [-0.2, 0) is 23.4 Å². The predicted molar refractivity (Wildman–Crippen MR) is 159 cm³/mol. The zero-order chi connectivity index (χ0) is 34.4. The van der Waals surface area contributed by atoms with Crippen molar-refractivity contribution in [2.75, 3.05) is 26.1 Å². The average Bonchev–Trinajstić information content (AvgIpc) is 3.49. The van der Waals surface area contributed by atoms with Gasteiger partial charge in [-0.05, 0) is 62.8 Å². The number of nitrogens with zero attached hydrogens (tertiary/aromatic N) is 4. The predicted octanol–water partition coefficient (Wildman–Crippen LogP) is 3.71. The number of nitrogen functional groups attached to an aromatic ring is 1. The van der Waals surface area contributed by atoms with Gasteiger partial charge < -0.3 is 29.9 Å². The quantitative estimate of drug-likeness (QED) is 0.141. The Kier molecular flexibility index (Phi) is 11.5. The molecule has 4 rings (SSSR count). The Hall–Kier alpha value is -3.78. The molecule has 5 atom stereocenters. The first-order valence-electron chi connectivity index (χ1n) is 14.6. The van der Waals surface area contributed by atoms with Crippen LogP contribution in [0.1, 0.15) is 44.4 Å².